The number of rotatable bonds is 10. The van der Waals surface area contributed by atoms with Gasteiger partial charge in [-0.2, -0.15) is 5.90 Å². The van der Waals surface area contributed by atoms with Gasteiger partial charge in [0.2, 0.25) is 0 Å². The number of non-ortho nitro benzene ring substituents is 1. The molecule has 0 unspecified atom stereocenters. The third-order valence-electron chi connectivity index (χ3n) is 5.09. The minimum absolute atomic E-state index is 0.0908. The van der Waals surface area contributed by atoms with Crippen molar-refractivity contribution in [2.45, 2.75) is 9.79 Å². The van der Waals surface area contributed by atoms with Crippen molar-refractivity contribution in [3.05, 3.63) is 118 Å². The molecule has 0 aliphatic heterocycles. The molecule has 0 atom stereocenters. The second kappa shape index (κ2) is 12.7. The van der Waals surface area contributed by atoms with Crippen molar-refractivity contribution in [3.8, 4) is 5.75 Å². The summed E-state index contributed by atoms with van der Waals surface area (Å²) in [6.45, 7) is 0. The number of carbonyl (C=O) groups is 2. The smallest absolute Gasteiger partial charge is 0.269 e. The molecule has 2 amide bonds. The Morgan fingerprint density at radius 1 is 0.711 bits per heavy atom. The Hall–Kier alpha value is -4.36. The summed E-state index contributed by atoms with van der Waals surface area (Å²) >= 11 is 0. The molecule has 4 aromatic rings. The maximum absolute atomic E-state index is 12.8. The number of nitro benzene ring substituents is 1. The molecule has 0 radical (unpaired) electrons. The Morgan fingerprint density at radius 2 is 1.16 bits per heavy atom. The quantitative estimate of drug-likeness (QED) is 0.0928. The summed E-state index contributed by atoms with van der Waals surface area (Å²) in [5.41, 5.74) is 1.82. The molecule has 0 aliphatic rings. The number of anilines is 2. The number of benzene rings is 4. The van der Waals surface area contributed by atoms with Crippen molar-refractivity contribution in [3.63, 3.8) is 0 Å². The van der Waals surface area contributed by atoms with Crippen LogP contribution in [0.5, 0.6) is 5.75 Å². The zero-order valence-corrected chi connectivity index (χ0v) is 21.2. The lowest BCUT2D eigenvalue weighted by molar-refractivity contribution is -0.384. The van der Waals surface area contributed by atoms with Crippen LogP contribution in [0.15, 0.2) is 107 Å². The molecule has 0 heterocycles. The van der Waals surface area contributed by atoms with Gasteiger partial charge in [-0.1, -0.05) is 50.8 Å². The van der Waals surface area contributed by atoms with E-state index in [1.54, 1.807) is 42.5 Å². The van der Waals surface area contributed by atoms with Gasteiger partial charge < -0.3 is 15.5 Å². The predicted molar refractivity (Wildman–Crippen MR) is 146 cm³/mol. The molecule has 0 aromatic heterocycles. The third kappa shape index (κ3) is 6.89. The summed E-state index contributed by atoms with van der Waals surface area (Å²) in [5.74, 6) is 4.54. The lowest BCUT2D eigenvalue weighted by atomic mass is 10.2. The van der Waals surface area contributed by atoms with E-state index >= 15 is 0 Å². The van der Waals surface area contributed by atoms with Crippen molar-refractivity contribution < 1.29 is 24.4 Å². The van der Waals surface area contributed by atoms with Crippen LogP contribution in [0, 0.1) is 10.1 Å². The Morgan fingerprint density at radius 3 is 1.61 bits per heavy atom. The van der Waals surface area contributed by atoms with Crippen LogP contribution in [-0.2, 0) is 4.99 Å². The van der Waals surface area contributed by atoms with E-state index in [9.17, 15) is 19.7 Å². The van der Waals surface area contributed by atoms with Crippen LogP contribution < -0.4 is 21.4 Å². The maximum Gasteiger partial charge on any atom is 0.269 e. The highest BCUT2D eigenvalue weighted by atomic mass is 33.1. The van der Waals surface area contributed by atoms with Crippen LogP contribution >= 0.6 is 21.6 Å². The summed E-state index contributed by atoms with van der Waals surface area (Å²) in [6.07, 6.45) is 0. The van der Waals surface area contributed by atoms with Crippen LogP contribution in [0.25, 0.3) is 0 Å². The predicted octanol–water partition coefficient (Wildman–Crippen LogP) is 6.08. The molecule has 12 heteroatoms. The second-order valence-corrected chi connectivity index (χ2v) is 9.79. The zero-order chi connectivity index (χ0) is 26.9. The van der Waals surface area contributed by atoms with Crippen LogP contribution in [-0.4, -0.2) is 16.7 Å². The molecule has 10 nitrogen and oxygen atoms in total. The number of amides is 2. The van der Waals surface area contributed by atoms with Gasteiger partial charge in [0.15, 0.2) is 5.75 Å². The van der Waals surface area contributed by atoms with Crippen molar-refractivity contribution in [1.82, 2.24) is 0 Å². The van der Waals surface area contributed by atoms with E-state index in [0.29, 0.717) is 28.3 Å². The molecule has 4 aromatic carbocycles. The molecular weight excluding hydrogens is 528 g/mol. The van der Waals surface area contributed by atoms with Crippen molar-refractivity contribution in [1.29, 1.82) is 0 Å². The fourth-order valence-electron chi connectivity index (χ4n) is 3.22. The molecule has 0 bridgehead atoms. The Bertz CT molecular complexity index is 1450. The second-order valence-electron chi connectivity index (χ2n) is 7.58. The van der Waals surface area contributed by atoms with E-state index in [4.69, 9.17) is 10.8 Å². The first-order valence-corrected chi connectivity index (χ1v) is 13.1. The monoisotopic (exact) mass is 548 g/mol. The minimum atomic E-state index is -0.519. The van der Waals surface area contributed by atoms with E-state index in [1.165, 1.54) is 45.9 Å². The van der Waals surface area contributed by atoms with Crippen LogP contribution in [0.1, 0.15) is 20.7 Å². The first-order chi connectivity index (χ1) is 18.4. The largest absolute Gasteiger partial charge is 0.321 e. The lowest BCUT2D eigenvalue weighted by Crippen LogP contribution is -2.12. The van der Waals surface area contributed by atoms with E-state index in [0.717, 1.165) is 9.79 Å². The minimum Gasteiger partial charge on any atom is -0.321 e. The van der Waals surface area contributed by atoms with Gasteiger partial charge in [0, 0.05) is 33.1 Å². The zero-order valence-electron chi connectivity index (χ0n) is 19.5. The SMILES string of the molecule is NOOc1ccc(C(=O)Nc2ccccc2SSc2ccccc2NC(=O)c2ccc([N+](=O)[O-])cc2)cc1. The Labute approximate surface area is 225 Å². The van der Waals surface area contributed by atoms with Gasteiger partial charge >= 0.3 is 0 Å². The lowest BCUT2D eigenvalue weighted by Gasteiger charge is -2.13. The number of nitro groups is 1. The molecule has 0 spiro atoms. The van der Waals surface area contributed by atoms with Gasteiger partial charge in [0.05, 0.1) is 16.3 Å². The van der Waals surface area contributed by atoms with Gasteiger partial charge in [0.1, 0.15) is 0 Å². The first kappa shape index (κ1) is 26.7. The van der Waals surface area contributed by atoms with Crippen LogP contribution in [0.3, 0.4) is 0 Å². The van der Waals surface area contributed by atoms with Gasteiger partial charge in [-0.15, -0.1) is 0 Å². The highest BCUT2D eigenvalue weighted by Gasteiger charge is 2.14. The molecule has 0 saturated carbocycles. The molecular formula is C26H20N4O6S2. The van der Waals surface area contributed by atoms with E-state index in [1.807, 2.05) is 30.3 Å². The van der Waals surface area contributed by atoms with E-state index < -0.39 is 4.92 Å². The van der Waals surface area contributed by atoms with Gasteiger partial charge in [-0.25, -0.2) is 0 Å². The molecule has 0 saturated heterocycles. The molecule has 192 valence electrons. The summed E-state index contributed by atoms with van der Waals surface area (Å²) in [7, 11) is 2.82. The molecule has 38 heavy (non-hydrogen) atoms. The molecule has 4 N–H and O–H groups in total. The Balaban J connectivity index is 1.43. The summed E-state index contributed by atoms with van der Waals surface area (Å²) in [4.78, 5) is 46.3. The number of hydrogen-bond acceptors (Lipinski definition) is 9. The van der Waals surface area contributed by atoms with E-state index in [2.05, 4.69) is 15.6 Å². The average molecular weight is 549 g/mol. The fourth-order valence-corrected chi connectivity index (χ4v) is 5.49. The van der Waals surface area contributed by atoms with Crippen molar-refractivity contribution >= 4 is 50.5 Å². The number of nitrogens with one attached hydrogen (secondary N) is 2. The number of nitrogens with zero attached hydrogens (tertiary/aromatic N) is 1. The molecule has 0 aliphatic carbocycles. The van der Waals surface area contributed by atoms with Crippen molar-refractivity contribution in [2.75, 3.05) is 10.6 Å². The van der Waals surface area contributed by atoms with Gasteiger partial charge in [-0.3, -0.25) is 19.7 Å². The van der Waals surface area contributed by atoms with E-state index in [-0.39, 0.29) is 17.5 Å². The summed E-state index contributed by atoms with van der Waals surface area (Å²) in [5, 5.41) is 16.6. The van der Waals surface area contributed by atoms with Gasteiger partial charge in [0.25, 0.3) is 17.5 Å². The standard InChI is InChI=1S/C26H20N4O6S2/c27-36-35-20-15-11-18(12-16-20)26(32)29-22-6-2-4-8-24(22)38-37-23-7-3-1-5-21(23)28-25(31)17-9-13-19(14-10-17)30(33)34/h1-16H,27H2,(H,28,31)(H,29,32). The number of hydrogen-bond donors (Lipinski definition) is 3. The number of carbonyl (C=O) groups excluding carboxylic acids is 2. The topological polar surface area (TPSA) is 146 Å². The van der Waals surface area contributed by atoms with Crippen LogP contribution in [0.2, 0.25) is 0 Å². The fraction of sp³-hybridized carbons (Fsp3) is 0. The molecule has 0 fully saturated rings. The molecule has 4 rings (SSSR count). The number of para-hydroxylation sites is 2. The average Bonchev–Trinajstić information content (AvgIpc) is 2.94. The van der Waals surface area contributed by atoms with Crippen molar-refractivity contribution in [2.24, 2.45) is 5.90 Å². The Kier molecular flexibility index (Phi) is 8.95. The summed E-state index contributed by atoms with van der Waals surface area (Å²) in [6, 6.07) is 26.3. The highest BCUT2D eigenvalue weighted by Crippen LogP contribution is 2.43. The van der Waals surface area contributed by atoms with Crippen LogP contribution in [0.4, 0.5) is 17.1 Å². The highest BCUT2D eigenvalue weighted by molar-refractivity contribution is 8.76. The third-order valence-corrected chi connectivity index (χ3v) is 7.57. The first-order valence-electron chi connectivity index (χ1n) is 11.0. The van der Waals surface area contributed by atoms with Gasteiger partial charge in [-0.05, 0) is 60.7 Å². The summed E-state index contributed by atoms with van der Waals surface area (Å²) < 4.78 is 0. The normalized spacial score (nSPS) is 10.4. The maximum atomic E-state index is 12.8. The number of nitrogens with two attached hydrogens (primary N) is 1.